The first kappa shape index (κ1) is 17.1. The molecule has 0 heterocycles. The summed E-state index contributed by atoms with van der Waals surface area (Å²) in [5, 5.41) is 3.70. The molecule has 0 fully saturated rings. The van der Waals surface area contributed by atoms with Crippen LogP contribution in [-0.2, 0) is 4.79 Å². The smallest absolute Gasteiger partial charge is 0.242 e. The van der Waals surface area contributed by atoms with E-state index in [0.29, 0.717) is 6.54 Å². The Morgan fingerprint density at radius 3 is 1.72 bits per heavy atom. The van der Waals surface area contributed by atoms with Crippen molar-refractivity contribution in [2.24, 2.45) is 5.29 Å². The number of carbonyl (C=O) groups excluding carboxylic acids is 1. The maximum absolute atomic E-state index is 10.9. The Morgan fingerprint density at radius 1 is 0.889 bits per heavy atom. The number of hydrogen-bond donors (Lipinski definition) is 0. The molecule has 1 amide bonds. The predicted molar refractivity (Wildman–Crippen MR) is 75.0 cm³/mol. The van der Waals surface area contributed by atoms with Crippen LogP contribution < -0.4 is 0 Å². The zero-order valence-electron chi connectivity index (χ0n) is 12.0. The van der Waals surface area contributed by atoms with E-state index < -0.39 is 0 Å². The van der Waals surface area contributed by atoms with E-state index >= 15 is 0 Å². The van der Waals surface area contributed by atoms with Crippen LogP contribution in [0, 0.1) is 4.91 Å². The fraction of sp³-hybridized carbons (Fsp3) is 0.929. The molecule has 0 aliphatic rings. The third kappa shape index (κ3) is 10.2. The molecule has 106 valence electrons. The van der Waals surface area contributed by atoms with E-state index in [-0.39, 0.29) is 5.91 Å². The second kappa shape index (κ2) is 12.5. The van der Waals surface area contributed by atoms with Gasteiger partial charge in [0.15, 0.2) is 0 Å². The molecule has 0 aromatic rings. The monoisotopic (exact) mass is 256 g/mol. The van der Waals surface area contributed by atoms with Gasteiger partial charge in [0.05, 0.1) is 5.29 Å². The first-order valence-corrected chi connectivity index (χ1v) is 7.33. The van der Waals surface area contributed by atoms with Gasteiger partial charge in [0.2, 0.25) is 5.91 Å². The van der Waals surface area contributed by atoms with Gasteiger partial charge in [0.1, 0.15) is 0 Å². The topological polar surface area (TPSA) is 49.7 Å². The van der Waals surface area contributed by atoms with Gasteiger partial charge < -0.3 is 0 Å². The summed E-state index contributed by atoms with van der Waals surface area (Å²) < 4.78 is 0. The summed E-state index contributed by atoms with van der Waals surface area (Å²) in [4.78, 5) is 21.2. The van der Waals surface area contributed by atoms with Gasteiger partial charge in [0, 0.05) is 13.5 Å². The van der Waals surface area contributed by atoms with E-state index in [1.54, 1.807) is 0 Å². The Balaban J connectivity index is 3.20. The quantitative estimate of drug-likeness (QED) is 0.294. The average Bonchev–Trinajstić information content (AvgIpc) is 2.35. The molecule has 0 aromatic heterocycles. The molecule has 18 heavy (non-hydrogen) atoms. The van der Waals surface area contributed by atoms with Gasteiger partial charge in [0.25, 0.3) is 0 Å². The maximum Gasteiger partial charge on any atom is 0.242 e. The van der Waals surface area contributed by atoms with Crippen LogP contribution in [0.15, 0.2) is 5.29 Å². The van der Waals surface area contributed by atoms with E-state index in [4.69, 9.17) is 0 Å². The molecule has 4 nitrogen and oxygen atoms in total. The van der Waals surface area contributed by atoms with Gasteiger partial charge in [-0.25, -0.2) is 0 Å². The predicted octanol–water partition coefficient (Wildman–Crippen LogP) is 4.44. The lowest BCUT2D eigenvalue weighted by molar-refractivity contribution is -0.129. The zero-order chi connectivity index (χ0) is 13.6. The highest BCUT2D eigenvalue weighted by atomic mass is 16.3. The van der Waals surface area contributed by atoms with Gasteiger partial charge in [-0.3, -0.25) is 4.79 Å². The van der Waals surface area contributed by atoms with Crippen molar-refractivity contribution in [2.75, 3.05) is 6.54 Å². The third-order valence-electron chi connectivity index (χ3n) is 3.19. The molecule has 0 saturated heterocycles. The SMILES string of the molecule is CCCCCCCCCCCCN(N=O)C(C)=O. The van der Waals surface area contributed by atoms with Gasteiger partial charge in [-0.05, 0) is 6.42 Å². The summed E-state index contributed by atoms with van der Waals surface area (Å²) in [7, 11) is 0. The summed E-state index contributed by atoms with van der Waals surface area (Å²) in [5.41, 5.74) is 0. The second-order valence-electron chi connectivity index (χ2n) is 4.91. The Hall–Kier alpha value is -0.930. The Bertz CT molecular complexity index is 220. The molecule has 0 atom stereocenters. The van der Waals surface area contributed by atoms with Crippen molar-refractivity contribution in [3.05, 3.63) is 4.91 Å². The zero-order valence-corrected chi connectivity index (χ0v) is 12.0. The van der Waals surface area contributed by atoms with Crippen LogP contribution in [0.5, 0.6) is 0 Å². The minimum absolute atomic E-state index is 0.263. The van der Waals surface area contributed by atoms with Crippen LogP contribution in [0.4, 0.5) is 0 Å². The van der Waals surface area contributed by atoms with Crippen LogP contribution in [0.2, 0.25) is 0 Å². The van der Waals surface area contributed by atoms with Gasteiger partial charge in [-0.2, -0.15) is 5.01 Å². The van der Waals surface area contributed by atoms with Crippen molar-refractivity contribution in [3.8, 4) is 0 Å². The highest BCUT2D eigenvalue weighted by molar-refractivity contribution is 5.72. The molecule has 0 N–H and O–H groups in total. The minimum atomic E-state index is -0.263. The lowest BCUT2D eigenvalue weighted by Gasteiger charge is -2.09. The van der Waals surface area contributed by atoms with Crippen LogP contribution >= 0.6 is 0 Å². The van der Waals surface area contributed by atoms with E-state index in [0.717, 1.165) is 17.9 Å². The van der Waals surface area contributed by atoms with Crippen molar-refractivity contribution >= 4 is 5.91 Å². The average molecular weight is 256 g/mol. The summed E-state index contributed by atoms with van der Waals surface area (Å²) in [5.74, 6) is -0.263. The lowest BCUT2D eigenvalue weighted by Crippen LogP contribution is -2.23. The number of hydrogen-bond acceptors (Lipinski definition) is 3. The van der Waals surface area contributed by atoms with E-state index in [2.05, 4.69) is 12.2 Å². The molecule has 0 aromatic carbocycles. The first-order valence-electron chi connectivity index (χ1n) is 7.33. The number of amides is 1. The number of rotatable bonds is 12. The van der Waals surface area contributed by atoms with Crippen LogP contribution in [0.25, 0.3) is 0 Å². The van der Waals surface area contributed by atoms with Crippen LogP contribution in [0.3, 0.4) is 0 Å². The number of nitroso groups, excluding NO2 is 1. The molecule has 0 saturated carbocycles. The minimum Gasteiger partial charge on any atom is -0.273 e. The van der Waals surface area contributed by atoms with Crippen molar-refractivity contribution in [3.63, 3.8) is 0 Å². The van der Waals surface area contributed by atoms with E-state index in [1.165, 1.54) is 58.3 Å². The largest absolute Gasteiger partial charge is 0.273 e. The Morgan fingerprint density at radius 2 is 1.33 bits per heavy atom. The molecule has 4 heteroatoms. The third-order valence-corrected chi connectivity index (χ3v) is 3.19. The normalized spacial score (nSPS) is 10.3. The Kier molecular flexibility index (Phi) is 11.9. The Labute approximate surface area is 111 Å². The molecular formula is C14H28N2O2. The summed E-state index contributed by atoms with van der Waals surface area (Å²) in [6.45, 7) is 4.07. The lowest BCUT2D eigenvalue weighted by atomic mass is 10.1. The molecule has 0 spiro atoms. The highest BCUT2D eigenvalue weighted by Crippen LogP contribution is 2.10. The molecule has 0 aliphatic heterocycles. The number of unbranched alkanes of at least 4 members (excludes halogenated alkanes) is 9. The number of carbonyl (C=O) groups is 1. The molecule has 0 aliphatic carbocycles. The number of nitrogens with zero attached hydrogens (tertiary/aromatic N) is 2. The van der Waals surface area contributed by atoms with Crippen molar-refractivity contribution in [1.82, 2.24) is 5.01 Å². The van der Waals surface area contributed by atoms with Crippen molar-refractivity contribution in [2.45, 2.75) is 78.1 Å². The van der Waals surface area contributed by atoms with E-state index in [1.807, 2.05) is 0 Å². The second-order valence-corrected chi connectivity index (χ2v) is 4.91. The highest BCUT2D eigenvalue weighted by Gasteiger charge is 2.06. The van der Waals surface area contributed by atoms with Crippen LogP contribution in [0.1, 0.15) is 78.1 Å². The van der Waals surface area contributed by atoms with Crippen LogP contribution in [-0.4, -0.2) is 17.5 Å². The van der Waals surface area contributed by atoms with Gasteiger partial charge >= 0.3 is 0 Å². The van der Waals surface area contributed by atoms with Crippen molar-refractivity contribution < 1.29 is 4.79 Å². The molecule has 0 rings (SSSR count). The maximum atomic E-state index is 10.9. The van der Waals surface area contributed by atoms with Gasteiger partial charge in [-0.1, -0.05) is 64.7 Å². The summed E-state index contributed by atoms with van der Waals surface area (Å²) in [6, 6.07) is 0. The fourth-order valence-corrected chi connectivity index (χ4v) is 2.00. The fourth-order valence-electron chi connectivity index (χ4n) is 2.00. The molecule has 0 radical (unpaired) electrons. The molecule has 0 unspecified atom stereocenters. The van der Waals surface area contributed by atoms with E-state index in [9.17, 15) is 9.70 Å². The first-order chi connectivity index (χ1) is 8.72. The van der Waals surface area contributed by atoms with Gasteiger partial charge in [-0.15, -0.1) is 4.91 Å². The summed E-state index contributed by atoms with van der Waals surface area (Å²) >= 11 is 0. The standard InChI is InChI=1S/C14H28N2O2/c1-3-4-5-6-7-8-9-10-11-12-13-16(15-18)14(2)17/h3-13H2,1-2H3. The molecular weight excluding hydrogens is 228 g/mol. The summed E-state index contributed by atoms with van der Waals surface area (Å²) in [6.07, 6.45) is 12.5. The molecule has 0 bridgehead atoms. The van der Waals surface area contributed by atoms with Crippen molar-refractivity contribution in [1.29, 1.82) is 0 Å².